The van der Waals surface area contributed by atoms with Gasteiger partial charge in [-0.1, -0.05) is 25.4 Å². The lowest BCUT2D eigenvalue weighted by molar-refractivity contribution is -0.127. The molecule has 1 aromatic rings. The van der Waals surface area contributed by atoms with Gasteiger partial charge in [-0.05, 0) is 37.1 Å². The number of amides is 2. The van der Waals surface area contributed by atoms with Gasteiger partial charge in [0.2, 0.25) is 11.8 Å². The van der Waals surface area contributed by atoms with E-state index in [0.717, 1.165) is 12.8 Å². The van der Waals surface area contributed by atoms with Crippen LogP contribution in [-0.2, 0) is 9.59 Å². The van der Waals surface area contributed by atoms with Crippen LogP contribution in [-0.4, -0.2) is 18.4 Å². The molecule has 0 aliphatic heterocycles. The second-order valence-electron chi connectivity index (χ2n) is 4.29. The highest BCUT2D eigenvalue weighted by Crippen LogP contribution is 2.13. The van der Waals surface area contributed by atoms with Crippen molar-refractivity contribution in [3.05, 3.63) is 29.3 Å². The predicted molar refractivity (Wildman–Crippen MR) is 77.2 cm³/mol. The molecule has 0 radical (unpaired) electrons. The molecule has 0 unspecified atom stereocenters. The summed E-state index contributed by atoms with van der Waals surface area (Å²) in [6.45, 7) is 3.90. The summed E-state index contributed by atoms with van der Waals surface area (Å²) in [6, 6.07) is 6.81. The molecule has 2 N–H and O–H groups in total. The first-order valence-corrected chi connectivity index (χ1v) is 6.77. The molecule has 2 amide bonds. The average molecular weight is 283 g/mol. The van der Waals surface area contributed by atoms with Crippen LogP contribution >= 0.6 is 11.6 Å². The summed E-state index contributed by atoms with van der Waals surface area (Å²) < 4.78 is 0. The summed E-state index contributed by atoms with van der Waals surface area (Å²) >= 11 is 5.75. The summed E-state index contributed by atoms with van der Waals surface area (Å²) in [5.74, 6) is -0.346. The summed E-state index contributed by atoms with van der Waals surface area (Å²) in [7, 11) is 0. The van der Waals surface area contributed by atoms with Crippen LogP contribution in [0.3, 0.4) is 0 Å². The molecule has 0 bridgehead atoms. The topological polar surface area (TPSA) is 58.2 Å². The zero-order valence-corrected chi connectivity index (χ0v) is 12.0. The van der Waals surface area contributed by atoms with E-state index in [9.17, 15) is 9.59 Å². The first-order chi connectivity index (χ1) is 9.06. The second kappa shape index (κ2) is 7.79. The Morgan fingerprint density at radius 2 is 1.74 bits per heavy atom. The van der Waals surface area contributed by atoms with Crippen molar-refractivity contribution >= 4 is 29.1 Å². The highest BCUT2D eigenvalue weighted by Gasteiger charge is 2.14. The maximum absolute atomic E-state index is 11.7. The van der Waals surface area contributed by atoms with Gasteiger partial charge in [0.25, 0.3) is 0 Å². The van der Waals surface area contributed by atoms with Crippen molar-refractivity contribution in [2.45, 2.75) is 26.7 Å². The first-order valence-electron chi connectivity index (χ1n) is 6.40. The Labute approximate surface area is 118 Å². The molecule has 0 aromatic heterocycles. The molecule has 0 aliphatic carbocycles. The van der Waals surface area contributed by atoms with Gasteiger partial charge in [0.15, 0.2) is 0 Å². The number of nitrogens with one attached hydrogen (secondary N) is 2. The van der Waals surface area contributed by atoms with Crippen LogP contribution in [0.4, 0.5) is 5.69 Å². The Morgan fingerprint density at radius 1 is 1.16 bits per heavy atom. The minimum absolute atomic E-state index is 0.0159. The maximum atomic E-state index is 11.7. The van der Waals surface area contributed by atoms with Gasteiger partial charge in [-0.15, -0.1) is 0 Å². The van der Waals surface area contributed by atoms with E-state index in [1.807, 2.05) is 13.8 Å². The summed E-state index contributed by atoms with van der Waals surface area (Å²) in [6.07, 6.45) is 1.56. The third-order valence-electron chi connectivity index (χ3n) is 2.91. The number of carbonyl (C=O) groups is 2. The molecule has 0 heterocycles. The summed E-state index contributed by atoms with van der Waals surface area (Å²) in [5, 5.41) is 5.94. The minimum atomic E-state index is -0.248. The van der Waals surface area contributed by atoms with Crippen LogP contribution in [0.2, 0.25) is 5.02 Å². The molecule has 4 nitrogen and oxygen atoms in total. The van der Waals surface area contributed by atoms with Crippen molar-refractivity contribution in [2.24, 2.45) is 5.92 Å². The van der Waals surface area contributed by atoms with Crippen molar-refractivity contribution in [1.29, 1.82) is 0 Å². The molecule has 0 saturated heterocycles. The lowest BCUT2D eigenvalue weighted by Gasteiger charge is -2.12. The van der Waals surface area contributed by atoms with Gasteiger partial charge in [-0.25, -0.2) is 0 Å². The summed E-state index contributed by atoms with van der Waals surface area (Å²) in [4.78, 5) is 23.3. The Morgan fingerprint density at radius 3 is 2.26 bits per heavy atom. The van der Waals surface area contributed by atoms with Crippen molar-refractivity contribution in [2.75, 3.05) is 11.9 Å². The Bertz CT molecular complexity index is 428. The van der Waals surface area contributed by atoms with Crippen LogP contribution in [0.5, 0.6) is 0 Å². The fourth-order valence-electron chi connectivity index (χ4n) is 1.71. The lowest BCUT2D eigenvalue weighted by Crippen LogP contribution is -2.36. The standard InChI is InChI=1S/C14H19ClN2O2/c1-3-10(4-2)14(19)16-9-13(18)17-12-7-5-11(15)6-8-12/h5-8,10H,3-4,9H2,1-2H3,(H,16,19)(H,17,18). The Hall–Kier alpha value is -1.55. The SMILES string of the molecule is CCC(CC)C(=O)NCC(=O)Nc1ccc(Cl)cc1. The normalized spacial score (nSPS) is 10.3. The molecular formula is C14H19ClN2O2. The molecule has 104 valence electrons. The van der Waals surface area contributed by atoms with E-state index in [4.69, 9.17) is 11.6 Å². The van der Waals surface area contributed by atoms with Gasteiger partial charge in [-0.2, -0.15) is 0 Å². The van der Waals surface area contributed by atoms with Gasteiger partial charge in [0.05, 0.1) is 6.54 Å². The molecular weight excluding hydrogens is 264 g/mol. The Balaban J connectivity index is 2.39. The number of rotatable bonds is 6. The van der Waals surface area contributed by atoms with Crippen LogP contribution in [0.1, 0.15) is 26.7 Å². The number of hydrogen-bond acceptors (Lipinski definition) is 2. The zero-order chi connectivity index (χ0) is 14.3. The van der Waals surface area contributed by atoms with E-state index in [1.54, 1.807) is 24.3 Å². The van der Waals surface area contributed by atoms with Crippen molar-refractivity contribution < 1.29 is 9.59 Å². The van der Waals surface area contributed by atoms with Crippen LogP contribution in [0.25, 0.3) is 0 Å². The van der Waals surface area contributed by atoms with Gasteiger partial charge >= 0.3 is 0 Å². The molecule has 0 aliphatic rings. The van der Waals surface area contributed by atoms with E-state index in [0.29, 0.717) is 10.7 Å². The molecule has 0 spiro atoms. The van der Waals surface area contributed by atoms with Crippen LogP contribution in [0.15, 0.2) is 24.3 Å². The molecule has 0 atom stereocenters. The van der Waals surface area contributed by atoms with E-state index in [1.165, 1.54) is 0 Å². The third-order valence-corrected chi connectivity index (χ3v) is 3.16. The van der Waals surface area contributed by atoms with Crippen molar-refractivity contribution in [1.82, 2.24) is 5.32 Å². The van der Waals surface area contributed by atoms with E-state index < -0.39 is 0 Å². The highest BCUT2D eigenvalue weighted by molar-refractivity contribution is 6.30. The van der Waals surface area contributed by atoms with Gasteiger partial charge in [-0.3, -0.25) is 9.59 Å². The van der Waals surface area contributed by atoms with E-state index in [-0.39, 0.29) is 24.3 Å². The average Bonchev–Trinajstić information content (AvgIpc) is 2.40. The second-order valence-corrected chi connectivity index (χ2v) is 4.72. The highest BCUT2D eigenvalue weighted by atomic mass is 35.5. The lowest BCUT2D eigenvalue weighted by atomic mass is 10.0. The molecule has 5 heteroatoms. The molecule has 1 aromatic carbocycles. The third kappa shape index (κ3) is 5.30. The molecule has 0 fully saturated rings. The minimum Gasteiger partial charge on any atom is -0.347 e. The number of carbonyl (C=O) groups excluding carboxylic acids is 2. The number of hydrogen-bond donors (Lipinski definition) is 2. The molecule has 1 rings (SSSR count). The largest absolute Gasteiger partial charge is 0.347 e. The fraction of sp³-hybridized carbons (Fsp3) is 0.429. The predicted octanol–water partition coefficient (Wildman–Crippen LogP) is 2.83. The summed E-state index contributed by atoms with van der Waals surface area (Å²) in [5.41, 5.74) is 0.659. The van der Waals surface area contributed by atoms with E-state index >= 15 is 0 Å². The van der Waals surface area contributed by atoms with Gasteiger partial charge < -0.3 is 10.6 Å². The maximum Gasteiger partial charge on any atom is 0.243 e. The number of halogens is 1. The van der Waals surface area contributed by atoms with Crippen molar-refractivity contribution in [3.8, 4) is 0 Å². The molecule has 0 saturated carbocycles. The monoisotopic (exact) mass is 282 g/mol. The van der Waals surface area contributed by atoms with Gasteiger partial charge in [0.1, 0.15) is 0 Å². The smallest absolute Gasteiger partial charge is 0.243 e. The zero-order valence-electron chi connectivity index (χ0n) is 11.2. The van der Waals surface area contributed by atoms with Crippen LogP contribution in [0, 0.1) is 5.92 Å². The van der Waals surface area contributed by atoms with Gasteiger partial charge in [0, 0.05) is 16.6 Å². The first kappa shape index (κ1) is 15.5. The Kier molecular flexibility index (Phi) is 6.36. The number of anilines is 1. The van der Waals surface area contributed by atoms with E-state index in [2.05, 4.69) is 10.6 Å². The molecule has 19 heavy (non-hydrogen) atoms. The van der Waals surface area contributed by atoms with Crippen LogP contribution < -0.4 is 10.6 Å². The quantitative estimate of drug-likeness (QED) is 0.843. The van der Waals surface area contributed by atoms with Crippen molar-refractivity contribution in [3.63, 3.8) is 0 Å². The fourth-order valence-corrected chi connectivity index (χ4v) is 1.84. The number of benzene rings is 1.